The molecular formula is C11H15NO2S. The lowest BCUT2D eigenvalue weighted by Gasteiger charge is -1.97. The molecule has 82 valence electrons. The quantitative estimate of drug-likeness (QED) is 0.826. The molecule has 0 unspecified atom stereocenters. The molecule has 0 aromatic heterocycles. The number of nitrogens with two attached hydrogens (primary N) is 1. The molecule has 0 radical (unpaired) electrons. The molecule has 4 heteroatoms. The Morgan fingerprint density at radius 1 is 1.27 bits per heavy atom. The minimum absolute atomic E-state index is 0.0994. The topological polar surface area (TPSA) is 60.2 Å². The molecule has 0 saturated heterocycles. The van der Waals surface area contributed by atoms with Crippen molar-refractivity contribution in [1.29, 1.82) is 0 Å². The Kier molecular flexibility index (Phi) is 2.56. The highest BCUT2D eigenvalue weighted by atomic mass is 32.2. The van der Waals surface area contributed by atoms with E-state index >= 15 is 0 Å². The zero-order valence-corrected chi connectivity index (χ0v) is 9.44. The van der Waals surface area contributed by atoms with Crippen LogP contribution in [0.25, 0.3) is 0 Å². The maximum absolute atomic E-state index is 11.5. The van der Waals surface area contributed by atoms with Crippen molar-refractivity contribution >= 4 is 9.84 Å². The average molecular weight is 225 g/mol. The summed E-state index contributed by atoms with van der Waals surface area (Å²) in [7, 11) is -2.97. The van der Waals surface area contributed by atoms with Crippen LogP contribution in [-0.2, 0) is 9.84 Å². The zero-order chi connectivity index (χ0) is 11.1. The van der Waals surface area contributed by atoms with Crippen molar-refractivity contribution in [2.45, 2.75) is 11.2 Å². The van der Waals surface area contributed by atoms with E-state index in [4.69, 9.17) is 5.73 Å². The summed E-state index contributed by atoms with van der Waals surface area (Å²) in [4.78, 5) is 0. The van der Waals surface area contributed by atoms with Crippen molar-refractivity contribution < 1.29 is 8.42 Å². The van der Waals surface area contributed by atoms with Crippen LogP contribution in [0.1, 0.15) is 11.5 Å². The van der Waals surface area contributed by atoms with Crippen LogP contribution in [0.3, 0.4) is 0 Å². The second-order valence-corrected chi connectivity index (χ2v) is 6.33. The molecule has 0 bridgehead atoms. The molecular weight excluding hydrogens is 210 g/mol. The molecule has 0 spiro atoms. The van der Waals surface area contributed by atoms with Gasteiger partial charge >= 0.3 is 0 Å². The molecule has 1 aromatic rings. The minimum Gasteiger partial charge on any atom is -0.330 e. The smallest absolute Gasteiger partial charge is 0.151 e. The highest BCUT2D eigenvalue weighted by Gasteiger charge is 2.55. The van der Waals surface area contributed by atoms with Crippen molar-refractivity contribution in [3.8, 4) is 0 Å². The van der Waals surface area contributed by atoms with Gasteiger partial charge in [0.2, 0.25) is 0 Å². The second kappa shape index (κ2) is 3.61. The Bertz CT molecular complexity index is 441. The molecule has 0 amide bonds. The molecule has 1 aliphatic carbocycles. The molecule has 1 aromatic carbocycles. The molecule has 3 nitrogen and oxygen atoms in total. The fraction of sp³-hybridized carbons (Fsp3) is 0.455. The van der Waals surface area contributed by atoms with E-state index in [0.717, 1.165) is 5.56 Å². The summed E-state index contributed by atoms with van der Waals surface area (Å²) < 4.78 is 23.0. The molecule has 1 aliphatic rings. The molecule has 2 rings (SSSR count). The van der Waals surface area contributed by atoms with Crippen LogP contribution >= 0.6 is 0 Å². The maximum atomic E-state index is 11.5. The molecule has 1 saturated carbocycles. The average Bonchev–Trinajstić information content (AvgIpc) is 2.92. The zero-order valence-electron chi connectivity index (χ0n) is 8.63. The van der Waals surface area contributed by atoms with Gasteiger partial charge in [-0.2, -0.15) is 0 Å². The molecule has 1 fully saturated rings. The van der Waals surface area contributed by atoms with Crippen molar-refractivity contribution in [2.75, 3.05) is 12.8 Å². The highest BCUT2D eigenvalue weighted by Crippen LogP contribution is 2.51. The van der Waals surface area contributed by atoms with Crippen molar-refractivity contribution in [3.05, 3.63) is 35.9 Å². The Hall–Kier alpha value is -0.870. The fourth-order valence-electron chi connectivity index (χ4n) is 2.32. The summed E-state index contributed by atoms with van der Waals surface area (Å²) >= 11 is 0. The van der Waals surface area contributed by atoms with Crippen molar-refractivity contribution in [1.82, 2.24) is 0 Å². The van der Waals surface area contributed by atoms with Crippen molar-refractivity contribution in [2.24, 2.45) is 11.7 Å². The molecule has 0 heterocycles. The van der Waals surface area contributed by atoms with Gasteiger partial charge in [-0.1, -0.05) is 30.3 Å². The first-order chi connectivity index (χ1) is 7.05. The van der Waals surface area contributed by atoms with Crippen LogP contribution in [0.2, 0.25) is 0 Å². The SMILES string of the molecule is CS(=O)(=O)[C@H]1[C@@H](CN)[C@@H]1c1ccccc1. The van der Waals surface area contributed by atoms with Crippen LogP contribution in [0.4, 0.5) is 0 Å². The summed E-state index contributed by atoms with van der Waals surface area (Å²) in [5.41, 5.74) is 6.67. The molecule has 15 heavy (non-hydrogen) atoms. The van der Waals surface area contributed by atoms with E-state index in [9.17, 15) is 8.42 Å². The number of hydrogen-bond donors (Lipinski definition) is 1. The van der Waals surface area contributed by atoms with Gasteiger partial charge in [0, 0.05) is 12.2 Å². The van der Waals surface area contributed by atoms with Crippen LogP contribution in [-0.4, -0.2) is 26.5 Å². The highest BCUT2D eigenvalue weighted by molar-refractivity contribution is 7.91. The lowest BCUT2D eigenvalue weighted by molar-refractivity contribution is 0.597. The normalized spacial score (nSPS) is 30.1. The third kappa shape index (κ3) is 1.92. The number of rotatable bonds is 3. The van der Waals surface area contributed by atoms with E-state index in [1.54, 1.807) is 0 Å². The molecule has 2 N–H and O–H groups in total. The molecule has 0 aliphatic heterocycles. The van der Waals surface area contributed by atoms with E-state index < -0.39 is 9.84 Å². The van der Waals surface area contributed by atoms with E-state index in [0.29, 0.717) is 6.54 Å². The third-order valence-corrected chi connectivity index (χ3v) is 4.68. The standard InChI is InChI=1S/C11H15NO2S/c1-15(13,14)11-9(7-12)10(11)8-5-3-2-4-6-8/h2-6,9-11H,7,12H2,1H3/t9-,10-,11-/m0/s1. The summed E-state index contributed by atoms with van der Waals surface area (Å²) in [5.74, 6) is 0.202. The number of benzene rings is 1. The molecule has 3 atom stereocenters. The largest absolute Gasteiger partial charge is 0.330 e. The summed E-state index contributed by atoms with van der Waals surface area (Å²) in [6, 6.07) is 9.73. The van der Waals surface area contributed by atoms with Crippen LogP contribution in [0.5, 0.6) is 0 Å². The van der Waals surface area contributed by atoms with E-state index in [-0.39, 0.29) is 17.1 Å². The van der Waals surface area contributed by atoms with Gasteiger partial charge in [0.05, 0.1) is 5.25 Å². The first kappa shape index (κ1) is 10.6. The van der Waals surface area contributed by atoms with Gasteiger partial charge < -0.3 is 5.73 Å². The summed E-state index contributed by atoms with van der Waals surface area (Å²) in [6.07, 6.45) is 1.29. The second-order valence-electron chi connectivity index (χ2n) is 4.13. The minimum atomic E-state index is -2.97. The predicted molar refractivity (Wildman–Crippen MR) is 60.4 cm³/mol. The Morgan fingerprint density at radius 3 is 2.27 bits per heavy atom. The lowest BCUT2D eigenvalue weighted by atomic mass is 10.1. The van der Waals surface area contributed by atoms with E-state index in [2.05, 4.69) is 0 Å². The van der Waals surface area contributed by atoms with Gasteiger partial charge in [-0.05, 0) is 18.0 Å². The van der Waals surface area contributed by atoms with Gasteiger partial charge in [-0.15, -0.1) is 0 Å². The lowest BCUT2D eigenvalue weighted by Crippen LogP contribution is -2.11. The van der Waals surface area contributed by atoms with Gasteiger partial charge in [-0.25, -0.2) is 8.42 Å². The summed E-state index contributed by atoms with van der Waals surface area (Å²) in [5, 5.41) is -0.273. The number of hydrogen-bond acceptors (Lipinski definition) is 3. The Balaban J connectivity index is 2.27. The van der Waals surface area contributed by atoms with E-state index in [1.165, 1.54) is 6.26 Å². The van der Waals surface area contributed by atoms with Crippen LogP contribution in [0.15, 0.2) is 30.3 Å². The van der Waals surface area contributed by atoms with Gasteiger partial charge in [0.15, 0.2) is 9.84 Å². The van der Waals surface area contributed by atoms with Gasteiger partial charge in [0.25, 0.3) is 0 Å². The number of sulfone groups is 1. The Labute approximate surface area is 90.2 Å². The fourth-order valence-corrected chi connectivity index (χ4v) is 4.04. The monoisotopic (exact) mass is 225 g/mol. The first-order valence-corrected chi connectivity index (χ1v) is 6.95. The van der Waals surface area contributed by atoms with Crippen molar-refractivity contribution in [3.63, 3.8) is 0 Å². The predicted octanol–water partition coefficient (Wildman–Crippen LogP) is 0.772. The van der Waals surface area contributed by atoms with E-state index in [1.807, 2.05) is 30.3 Å². The first-order valence-electron chi connectivity index (χ1n) is 4.99. The van der Waals surface area contributed by atoms with Crippen LogP contribution in [0, 0.1) is 5.92 Å². The third-order valence-electron chi connectivity index (χ3n) is 3.05. The summed E-state index contributed by atoms with van der Waals surface area (Å²) in [6.45, 7) is 0.442. The van der Waals surface area contributed by atoms with Crippen LogP contribution < -0.4 is 5.73 Å². The Morgan fingerprint density at radius 2 is 1.87 bits per heavy atom. The maximum Gasteiger partial charge on any atom is 0.151 e. The van der Waals surface area contributed by atoms with Gasteiger partial charge in [-0.3, -0.25) is 0 Å². The van der Waals surface area contributed by atoms with Gasteiger partial charge in [0.1, 0.15) is 0 Å².